The minimum Gasteiger partial charge on any atom is -0.310 e. The number of thiophene rings is 2. The van der Waals surface area contributed by atoms with Gasteiger partial charge in [0.05, 0.1) is 0 Å². The Balaban J connectivity index is 1.14. The third-order valence-corrected chi connectivity index (χ3v) is 11.9. The standard InChI is InChI=1S/C46H29NS2/c1-2-14-36-30(10-1)11-8-17-37(36)32-12-7-13-34(28-32)47(35-26-27-40-39-15-3-5-19-42(39)49-45(40)29-35)33-24-22-31(23-25-33)38-18-9-21-44-46(38)41-16-4-6-20-43(41)48-44/h1-29H. The molecule has 1 nitrogen and oxygen atoms in total. The van der Waals surface area contributed by atoms with Gasteiger partial charge in [-0.2, -0.15) is 0 Å². The summed E-state index contributed by atoms with van der Waals surface area (Å²) in [4.78, 5) is 2.41. The first-order chi connectivity index (χ1) is 24.3. The average Bonchev–Trinajstić information content (AvgIpc) is 3.73. The van der Waals surface area contributed by atoms with Gasteiger partial charge in [0, 0.05) is 57.4 Å². The Bertz CT molecular complexity index is 2830. The van der Waals surface area contributed by atoms with Crippen molar-refractivity contribution in [1.82, 2.24) is 0 Å². The minimum absolute atomic E-state index is 1.13. The van der Waals surface area contributed by atoms with E-state index in [-0.39, 0.29) is 0 Å². The zero-order valence-corrected chi connectivity index (χ0v) is 28.1. The summed E-state index contributed by atoms with van der Waals surface area (Å²) in [6.07, 6.45) is 0. The average molecular weight is 660 g/mol. The van der Waals surface area contributed by atoms with Crippen molar-refractivity contribution in [2.45, 2.75) is 0 Å². The third kappa shape index (κ3) is 4.74. The van der Waals surface area contributed by atoms with E-state index in [0.717, 1.165) is 17.1 Å². The second-order valence-corrected chi connectivity index (χ2v) is 14.7. The van der Waals surface area contributed by atoms with Gasteiger partial charge in [0.25, 0.3) is 0 Å². The van der Waals surface area contributed by atoms with Crippen molar-refractivity contribution < 1.29 is 0 Å². The lowest BCUT2D eigenvalue weighted by molar-refractivity contribution is 1.29. The molecular weight excluding hydrogens is 631 g/mol. The normalized spacial score (nSPS) is 11.7. The molecule has 8 aromatic carbocycles. The molecule has 0 fully saturated rings. The van der Waals surface area contributed by atoms with Crippen LogP contribution in [0.2, 0.25) is 0 Å². The van der Waals surface area contributed by atoms with Crippen molar-refractivity contribution in [3.8, 4) is 22.3 Å². The molecule has 0 N–H and O–H groups in total. The molecule has 0 aliphatic carbocycles. The van der Waals surface area contributed by atoms with Gasteiger partial charge in [0.15, 0.2) is 0 Å². The van der Waals surface area contributed by atoms with Gasteiger partial charge in [0.1, 0.15) is 0 Å². The van der Waals surface area contributed by atoms with Crippen molar-refractivity contribution in [1.29, 1.82) is 0 Å². The van der Waals surface area contributed by atoms with E-state index in [1.807, 2.05) is 22.7 Å². The number of rotatable bonds is 5. The Labute approximate surface area is 292 Å². The van der Waals surface area contributed by atoms with Crippen LogP contribution in [-0.4, -0.2) is 0 Å². The molecular formula is C46H29NS2. The van der Waals surface area contributed by atoms with Gasteiger partial charge in [-0.05, 0) is 87.6 Å². The molecule has 0 saturated heterocycles. The molecule has 230 valence electrons. The number of benzene rings is 8. The molecule has 10 rings (SSSR count). The van der Waals surface area contributed by atoms with Gasteiger partial charge in [-0.3, -0.25) is 0 Å². The maximum atomic E-state index is 2.41. The van der Waals surface area contributed by atoms with Crippen LogP contribution in [0, 0.1) is 0 Å². The first-order valence-corrected chi connectivity index (χ1v) is 18.2. The first kappa shape index (κ1) is 28.3. The van der Waals surface area contributed by atoms with Gasteiger partial charge < -0.3 is 4.90 Å². The van der Waals surface area contributed by atoms with E-state index in [2.05, 4.69) is 181 Å². The fourth-order valence-electron chi connectivity index (χ4n) is 7.40. The zero-order chi connectivity index (χ0) is 32.3. The second kappa shape index (κ2) is 11.5. The number of hydrogen-bond acceptors (Lipinski definition) is 3. The van der Waals surface area contributed by atoms with Crippen LogP contribution in [0.25, 0.3) is 73.4 Å². The Morgan fingerprint density at radius 1 is 0.327 bits per heavy atom. The smallest absolute Gasteiger partial charge is 0.0476 e. The molecule has 0 unspecified atom stereocenters. The predicted molar refractivity (Wildman–Crippen MR) is 215 cm³/mol. The van der Waals surface area contributed by atoms with Gasteiger partial charge >= 0.3 is 0 Å². The van der Waals surface area contributed by atoms with E-state index in [9.17, 15) is 0 Å². The van der Waals surface area contributed by atoms with Crippen LogP contribution >= 0.6 is 22.7 Å². The summed E-state index contributed by atoms with van der Waals surface area (Å²) in [5, 5.41) is 7.80. The monoisotopic (exact) mass is 659 g/mol. The maximum Gasteiger partial charge on any atom is 0.0476 e. The molecule has 0 amide bonds. The molecule has 2 heterocycles. The fraction of sp³-hybridized carbons (Fsp3) is 0. The van der Waals surface area contributed by atoms with Crippen molar-refractivity contribution in [3.05, 3.63) is 176 Å². The summed E-state index contributed by atoms with van der Waals surface area (Å²) in [6, 6.07) is 64.4. The predicted octanol–water partition coefficient (Wildman–Crippen LogP) is 14.4. The molecule has 3 heteroatoms. The molecule has 0 saturated carbocycles. The van der Waals surface area contributed by atoms with E-state index in [1.165, 1.54) is 73.4 Å². The van der Waals surface area contributed by atoms with Crippen molar-refractivity contribution in [2.75, 3.05) is 4.90 Å². The van der Waals surface area contributed by atoms with Crippen LogP contribution in [0.3, 0.4) is 0 Å². The van der Waals surface area contributed by atoms with Crippen LogP contribution in [0.4, 0.5) is 17.1 Å². The van der Waals surface area contributed by atoms with E-state index in [4.69, 9.17) is 0 Å². The lowest BCUT2D eigenvalue weighted by atomic mass is 9.97. The van der Waals surface area contributed by atoms with Crippen molar-refractivity contribution in [2.24, 2.45) is 0 Å². The minimum atomic E-state index is 1.13. The second-order valence-electron chi connectivity index (χ2n) is 12.5. The van der Waals surface area contributed by atoms with E-state index in [0.29, 0.717) is 0 Å². The van der Waals surface area contributed by atoms with E-state index in [1.54, 1.807) is 0 Å². The Morgan fingerprint density at radius 2 is 0.918 bits per heavy atom. The SMILES string of the molecule is c1cc(-c2cccc3ccccc23)cc(N(c2ccc(-c3cccc4sc5ccccc5c34)cc2)c2ccc3c(c2)sc2ccccc23)c1. The van der Waals surface area contributed by atoms with Gasteiger partial charge in [0.2, 0.25) is 0 Å². The number of nitrogens with zero attached hydrogens (tertiary/aromatic N) is 1. The molecule has 2 aromatic heterocycles. The van der Waals surface area contributed by atoms with E-state index >= 15 is 0 Å². The van der Waals surface area contributed by atoms with Gasteiger partial charge in [-0.1, -0.05) is 121 Å². The highest BCUT2D eigenvalue weighted by atomic mass is 32.1. The number of hydrogen-bond donors (Lipinski definition) is 0. The molecule has 10 aromatic rings. The number of fused-ring (bicyclic) bond motifs is 7. The van der Waals surface area contributed by atoms with E-state index < -0.39 is 0 Å². The third-order valence-electron chi connectivity index (χ3n) is 9.66. The Morgan fingerprint density at radius 3 is 1.80 bits per heavy atom. The van der Waals surface area contributed by atoms with Crippen LogP contribution in [0.5, 0.6) is 0 Å². The van der Waals surface area contributed by atoms with Crippen molar-refractivity contribution in [3.63, 3.8) is 0 Å². The summed E-state index contributed by atoms with van der Waals surface area (Å²) < 4.78 is 5.27. The van der Waals surface area contributed by atoms with Gasteiger partial charge in [-0.15, -0.1) is 22.7 Å². The molecule has 0 aliphatic rings. The van der Waals surface area contributed by atoms with Crippen LogP contribution in [-0.2, 0) is 0 Å². The molecule has 0 radical (unpaired) electrons. The summed E-state index contributed by atoms with van der Waals surface area (Å²) in [5.41, 5.74) is 8.35. The maximum absolute atomic E-state index is 2.41. The topological polar surface area (TPSA) is 3.24 Å². The molecule has 49 heavy (non-hydrogen) atoms. The Kier molecular flexibility index (Phi) is 6.61. The largest absolute Gasteiger partial charge is 0.310 e. The van der Waals surface area contributed by atoms with Crippen LogP contribution in [0.1, 0.15) is 0 Å². The highest BCUT2D eigenvalue weighted by Crippen LogP contribution is 2.44. The fourth-order valence-corrected chi connectivity index (χ4v) is 9.67. The quantitative estimate of drug-likeness (QED) is 0.178. The lowest BCUT2D eigenvalue weighted by Crippen LogP contribution is -2.10. The first-order valence-electron chi connectivity index (χ1n) is 16.6. The Hall–Kier alpha value is -5.74. The zero-order valence-electron chi connectivity index (χ0n) is 26.5. The highest BCUT2D eigenvalue weighted by molar-refractivity contribution is 7.26. The van der Waals surface area contributed by atoms with Crippen LogP contribution in [0.15, 0.2) is 176 Å². The van der Waals surface area contributed by atoms with Gasteiger partial charge in [-0.25, -0.2) is 0 Å². The lowest BCUT2D eigenvalue weighted by Gasteiger charge is -2.26. The highest BCUT2D eigenvalue weighted by Gasteiger charge is 2.17. The summed E-state index contributed by atoms with van der Waals surface area (Å²) >= 11 is 3.73. The molecule has 0 atom stereocenters. The molecule has 0 bridgehead atoms. The summed E-state index contributed by atoms with van der Waals surface area (Å²) in [5.74, 6) is 0. The number of anilines is 3. The van der Waals surface area contributed by atoms with Crippen LogP contribution < -0.4 is 4.90 Å². The summed E-state index contributed by atoms with van der Waals surface area (Å²) in [6.45, 7) is 0. The molecule has 0 spiro atoms. The summed E-state index contributed by atoms with van der Waals surface area (Å²) in [7, 11) is 0. The van der Waals surface area contributed by atoms with Crippen molar-refractivity contribution >= 4 is 90.9 Å². The molecule has 0 aliphatic heterocycles.